The highest BCUT2D eigenvalue weighted by molar-refractivity contribution is 9.10. The van der Waals surface area contributed by atoms with Gasteiger partial charge in [-0.2, -0.15) is 4.98 Å². The number of hydrogen-bond donors (Lipinski definition) is 0. The summed E-state index contributed by atoms with van der Waals surface area (Å²) in [6.07, 6.45) is 0. The molecule has 0 N–H and O–H groups in total. The lowest BCUT2D eigenvalue weighted by Gasteiger charge is -2.20. The van der Waals surface area contributed by atoms with Gasteiger partial charge in [0.2, 0.25) is 5.82 Å². The van der Waals surface area contributed by atoms with Gasteiger partial charge in [-0.05, 0) is 63.3 Å². The van der Waals surface area contributed by atoms with Crippen molar-refractivity contribution in [2.75, 3.05) is 7.11 Å². The summed E-state index contributed by atoms with van der Waals surface area (Å²) >= 11 is 3.57. The Morgan fingerprint density at radius 3 is 2.42 bits per heavy atom. The van der Waals surface area contributed by atoms with E-state index in [9.17, 15) is 0 Å². The topological polar surface area (TPSA) is 57.4 Å². The largest absolute Gasteiger partial charge is 0.497 e. The molecule has 5 nitrogen and oxygen atoms in total. The van der Waals surface area contributed by atoms with Gasteiger partial charge in [0.15, 0.2) is 6.61 Å². The van der Waals surface area contributed by atoms with E-state index in [1.807, 2.05) is 30.3 Å². The molecule has 0 amide bonds. The first-order valence-electron chi connectivity index (χ1n) is 8.26. The van der Waals surface area contributed by atoms with Crippen LogP contribution in [-0.4, -0.2) is 17.3 Å². The van der Waals surface area contributed by atoms with Crippen LogP contribution >= 0.6 is 15.9 Å². The molecule has 0 saturated carbocycles. The van der Waals surface area contributed by atoms with E-state index in [0.29, 0.717) is 11.7 Å². The molecule has 0 aliphatic rings. The number of aromatic nitrogens is 2. The lowest BCUT2D eigenvalue weighted by atomic mass is 9.87. The first-order valence-corrected chi connectivity index (χ1v) is 9.06. The van der Waals surface area contributed by atoms with Crippen LogP contribution in [0.25, 0.3) is 11.4 Å². The molecule has 1 heterocycles. The van der Waals surface area contributed by atoms with E-state index in [1.54, 1.807) is 7.11 Å². The highest BCUT2D eigenvalue weighted by Gasteiger charge is 2.16. The molecule has 26 heavy (non-hydrogen) atoms. The third-order valence-electron chi connectivity index (χ3n) is 3.97. The number of benzene rings is 2. The number of rotatable bonds is 5. The van der Waals surface area contributed by atoms with Crippen LogP contribution in [0.3, 0.4) is 0 Å². The Labute approximate surface area is 161 Å². The van der Waals surface area contributed by atoms with E-state index in [-0.39, 0.29) is 12.0 Å². The van der Waals surface area contributed by atoms with Gasteiger partial charge in [0.1, 0.15) is 11.5 Å². The molecule has 0 bridgehead atoms. The summed E-state index contributed by atoms with van der Waals surface area (Å²) in [4.78, 5) is 4.38. The Balaban J connectivity index is 1.68. The summed E-state index contributed by atoms with van der Waals surface area (Å²) in [6, 6.07) is 13.6. The molecule has 0 unspecified atom stereocenters. The highest BCUT2D eigenvalue weighted by Crippen LogP contribution is 2.32. The second kappa shape index (κ2) is 7.50. The Kier molecular flexibility index (Phi) is 5.32. The maximum absolute atomic E-state index is 5.81. The molecule has 136 valence electrons. The Bertz CT molecular complexity index is 883. The van der Waals surface area contributed by atoms with Crippen molar-refractivity contribution >= 4 is 15.9 Å². The lowest BCUT2D eigenvalue weighted by molar-refractivity contribution is 0.241. The SMILES string of the molecule is COc1ccc(-c2noc(COc3ccc(C(C)(C)C)cc3Br)n2)cc1. The summed E-state index contributed by atoms with van der Waals surface area (Å²) in [5, 5.41) is 4.00. The fourth-order valence-electron chi connectivity index (χ4n) is 2.39. The molecule has 0 saturated heterocycles. The smallest absolute Gasteiger partial charge is 0.264 e. The van der Waals surface area contributed by atoms with E-state index in [0.717, 1.165) is 21.5 Å². The molecule has 0 aliphatic heterocycles. The van der Waals surface area contributed by atoms with E-state index in [1.165, 1.54) is 5.56 Å². The molecule has 0 radical (unpaired) electrons. The summed E-state index contributed by atoms with van der Waals surface area (Å²) in [5.74, 6) is 2.46. The number of methoxy groups -OCH3 is 1. The molecule has 3 rings (SSSR count). The van der Waals surface area contributed by atoms with Crippen LogP contribution in [-0.2, 0) is 12.0 Å². The molecule has 0 fully saturated rings. The van der Waals surface area contributed by atoms with E-state index >= 15 is 0 Å². The summed E-state index contributed by atoms with van der Waals surface area (Å²) in [6.45, 7) is 6.73. The maximum Gasteiger partial charge on any atom is 0.264 e. The molecular formula is C20H21BrN2O3. The maximum atomic E-state index is 5.81. The summed E-state index contributed by atoms with van der Waals surface area (Å²) in [7, 11) is 1.63. The monoisotopic (exact) mass is 416 g/mol. The predicted molar refractivity (Wildman–Crippen MR) is 103 cm³/mol. The fourth-order valence-corrected chi connectivity index (χ4v) is 2.89. The van der Waals surface area contributed by atoms with Gasteiger partial charge in [-0.3, -0.25) is 0 Å². The minimum Gasteiger partial charge on any atom is -0.497 e. The zero-order valence-electron chi connectivity index (χ0n) is 15.2. The molecule has 6 heteroatoms. The van der Waals surface area contributed by atoms with Crippen LogP contribution in [0.5, 0.6) is 11.5 Å². The second-order valence-corrected chi connectivity index (χ2v) is 7.78. The average molecular weight is 417 g/mol. The number of ether oxygens (including phenoxy) is 2. The predicted octanol–water partition coefficient (Wildman–Crippen LogP) is 5.38. The van der Waals surface area contributed by atoms with Crippen molar-refractivity contribution in [1.82, 2.24) is 10.1 Å². The highest BCUT2D eigenvalue weighted by atomic mass is 79.9. The van der Waals surface area contributed by atoms with Gasteiger partial charge >= 0.3 is 0 Å². The van der Waals surface area contributed by atoms with E-state index in [4.69, 9.17) is 14.0 Å². The van der Waals surface area contributed by atoms with Crippen LogP contribution in [0.2, 0.25) is 0 Å². The van der Waals surface area contributed by atoms with Crippen LogP contribution in [0, 0.1) is 0 Å². The van der Waals surface area contributed by atoms with Crippen LogP contribution < -0.4 is 9.47 Å². The van der Waals surface area contributed by atoms with Crippen molar-refractivity contribution in [2.45, 2.75) is 32.8 Å². The molecule has 0 spiro atoms. The third kappa shape index (κ3) is 4.25. The first-order chi connectivity index (χ1) is 12.4. The standard InChI is InChI=1S/C20H21BrN2O3/c1-20(2,3)14-7-10-17(16(21)11-14)25-12-18-22-19(23-26-18)13-5-8-15(24-4)9-6-13/h5-11H,12H2,1-4H3. The molecule has 2 aromatic carbocycles. The van der Waals surface area contributed by atoms with E-state index < -0.39 is 0 Å². The molecule has 3 aromatic rings. The molecular weight excluding hydrogens is 396 g/mol. The Morgan fingerprint density at radius 1 is 1.08 bits per heavy atom. The van der Waals surface area contributed by atoms with Crippen molar-refractivity contribution in [2.24, 2.45) is 0 Å². The number of hydrogen-bond acceptors (Lipinski definition) is 5. The van der Waals surface area contributed by atoms with Gasteiger partial charge in [-0.25, -0.2) is 0 Å². The van der Waals surface area contributed by atoms with Crippen molar-refractivity contribution in [1.29, 1.82) is 0 Å². The van der Waals surface area contributed by atoms with Crippen molar-refractivity contribution in [3.63, 3.8) is 0 Å². The van der Waals surface area contributed by atoms with E-state index in [2.05, 4.69) is 59.0 Å². The lowest BCUT2D eigenvalue weighted by Crippen LogP contribution is -2.11. The minimum absolute atomic E-state index is 0.0841. The van der Waals surface area contributed by atoms with Gasteiger partial charge in [0, 0.05) is 5.56 Å². The van der Waals surface area contributed by atoms with Gasteiger partial charge in [-0.15, -0.1) is 0 Å². The average Bonchev–Trinajstić information content (AvgIpc) is 3.09. The van der Waals surface area contributed by atoms with Crippen molar-refractivity contribution in [3.8, 4) is 22.9 Å². The zero-order chi connectivity index (χ0) is 18.7. The van der Waals surface area contributed by atoms with Gasteiger partial charge in [-0.1, -0.05) is 32.0 Å². The number of nitrogens with zero attached hydrogens (tertiary/aromatic N) is 2. The van der Waals surface area contributed by atoms with Crippen molar-refractivity contribution in [3.05, 3.63) is 58.4 Å². The van der Waals surface area contributed by atoms with Crippen LogP contribution in [0.15, 0.2) is 51.5 Å². The summed E-state index contributed by atoms with van der Waals surface area (Å²) in [5.41, 5.74) is 2.17. The molecule has 0 aliphatic carbocycles. The minimum atomic E-state index is 0.0841. The fraction of sp³-hybridized carbons (Fsp3) is 0.300. The van der Waals surface area contributed by atoms with Crippen LogP contribution in [0.1, 0.15) is 32.2 Å². The van der Waals surface area contributed by atoms with Crippen LogP contribution in [0.4, 0.5) is 0 Å². The quantitative estimate of drug-likeness (QED) is 0.558. The third-order valence-corrected chi connectivity index (χ3v) is 4.59. The van der Waals surface area contributed by atoms with Gasteiger partial charge in [0.05, 0.1) is 11.6 Å². The zero-order valence-corrected chi connectivity index (χ0v) is 16.8. The normalized spacial score (nSPS) is 11.4. The van der Waals surface area contributed by atoms with Gasteiger partial charge < -0.3 is 14.0 Å². The first kappa shape index (κ1) is 18.5. The van der Waals surface area contributed by atoms with Gasteiger partial charge in [0.25, 0.3) is 5.89 Å². The van der Waals surface area contributed by atoms with Crippen molar-refractivity contribution < 1.29 is 14.0 Å². The second-order valence-electron chi connectivity index (χ2n) is 6.92. The Hall–Kier alpha value is -2.34. The Morgan fingerprint density at radius 2 is 1.81 bits per heavy atom. The summed E-state index contributed by atoms with van der Waals surface area (Å²) < 4.78 is 17.1. The number of halogens is 1. The molecule has 1 aromatic heterocycles. The molecule has 0 atom stereocenters.